The van der Waals surface area contributed by atoms with Crippen molar-refractivity contribution >= 4 is 17.5 Å². The van der Waals surface area contributed by atoms with Crippen molar-refractivity contribution in [2.24, 2.45) is 5.92 Å². The molecule has 0 spiro atoms. The maximum Gasteiger partial charge on any atom is 0.268 e. The summed E-state index contributed by atoms with van der Waals surface area (Å²) in [5, 5.41) is 3.04. The van der Waals surface area contributed by atoms with Gasteiger partial charge in [0.15, 0.2) is 6.10 Å². The Morgan fingerprint density at radius 2 is 1.89 bits per heavy atom. The molecule has 0 unspecified atom stereocenters. The molecule has 0 saturated carbocycles. The highest BCUT2D eigenvalue weighted by molar-refractivity contribution is 6.05. The number of piperidine rings is 1. The highest BCUT2D eigenvalue weighted by Gasteiger charge is 2.37. The molecule has 1 fully saturated rings. The highest BCUT2D eigenvalue weighted by atomic mass is 16.5. The molecule has 2 aliphatic rings. The fraction of sp³-hybridized carbons (Fsp3) is 0.619. The van der Waals surface area contributed by atoms with Crippen LogP contribution in [0.1, 0.15) is 40.5 Å². The number of hydrogen-bond donors (Lipinski definition) is 1. The second-order valence-electron chi connectivity index (χ2n) is 7.92. The Morgan fingerprint density at radius 3 is 2.59 bits per heavy atom. The van der Waals surface area contributed by atoms with E-state index in [1.807, 2.05) is 24.3 Å². The van der Waals surface area contributed by atoms with Gasteiger partial charge in [-0.05, 0) is 64.8 Å². The largest absolute Gasteiger partial charge is 0.479 e. The van der Waals surface area contributed by atoms with Crippen molar-refractivity contribution in [2.45, 2.75) is 58.7 Å². The quantitative estimate of drug-likeness (QED) is 0.861. The maximum atomic E-state index is 12.8. The third kappa shape index (κ3) is 4.26. The monoisotopic (exact) mass is 373 g/mol. The summed E-state index contributed by atoms with van der Waals surface area (Å²) in [6.45, 7) is 10.7. The molecule has 0 aromatic heterocycles. The first-order valence-corrected chi connectivity index (χ1v) is 9.99. The summed E-state index contributed by atoms with van der Waals surface area (Å²) in [7, 11) is 0. The number of anilines is 1. The number of likely N-dealkylation sites (tertiary alicyclic amines) is 1. The van der Waals surface area contributed by atoms with Crippen molar-refractivity contribution in [1.82, 2.24) is 10.2 Å². The van der Waals surface area contributed by atoms with E-state index in [4.69, 9.17) is 4.74 Å². The molecule has 0 radical (unpaired) electrons. The standard InChI is InChI=1S/C21H31N3O3/c1-14-9-11-23(12-10-14)15(2)13-22-20(25)16(3)24-18-7-5-6-8-19(18)27-17(4)21(24)26/h5-8,14-17H,9-13H2,1-4H3,(H,22,25)/t15-,16-,17-/m1/s1. The molecule has 6 nitrogen and oxygen atoms in total. The van der Waals surface area contributed by atoms with Crippen LogP contribution in [0.4, 0.5) is 5.69 Å². The Morgan fingerprint density at radius 1 is 1.22 bits per heavy atom. The van der Waals surface area contributed by atoms with E-state index in [-0.39, 0.29) is 11.8 Å². The Balaban J connectivity index is 1.62. The second-order valence-corrected chi connectivity index (χ2v) is 7.92. The van der Waals surface area contributed by atoms with Gasteiger partial charge < -0.3 is 10.1 Å². The van der Waals surface area contributed by atoms with Gasteiger partial charge in [-0.3, -0.25) is 19.4 Å². The minimum atomic E-state index is -0.593. The number of fused-ring (bicyclic) bond motifs is 1. The first-order chi connectivity index (χ1) is 12.9. The van der Waals surface area contributed by atoms with Gasteiger partial charge in [-0.1, -0.05) is 19.1 Å². The molecular formula is C21H31N3O3. The van der Waals surface area contributed by atoms with Gasteiger partial charge in [-0.15, -0.1) is 0 Å². The number of nitrogens with zero attached hydrogens (tertiary/aromatic N) is 2. The van der Waals surface area contributed by atoms with E-state index in [1.54, 1.807) is 18.7 Å². The predicted molar refractivity (Wildman–Crippen MR) is 106 cm³/mol. The molecule has 27 heavy (non-hydrogen) atoms. The van der Waals surface area contributed by atoms with Crippen LogP contribution in [0.2, 0.25) is 0 Å². The van der Waals surface area contributed by atoms with Crippen molar-refractivity contribution in [3.63, 3.8) is 0 Å². The van der Waals surface area contributed by atoms with Crippen LogP contribution in [0.5, 0.6) is 5.75 Å². The van der Waals surface area contributed by atoms with E-state index < -0.39 is 12.1 Å². The van der Waals surface area contributed by atoms with Crippen LogP contribution < -0.4 is 15.0 Å². The van der Waals surface area contributed by atoms with Crippen LogP contribution in [0.3, 0.4) is 0 Å². The Hall–Kier alpha value is -2.08. The van der Waals surface area contributed by atoms with Crippen molar-refractivity contribution in [3.8, 4) is 5.75 Å². The summed E-state index contributed by atoms with van der Waals surface area (Å²) < 4.78 is 5.66. The molecule has 2 aliphatic heterocycles. The Bertz CT molecular complexity index is 685. The third-order valence-corrected chi connectivity index (χ3v) is 5.79. The Labute approximate surface area is 161 Å². The van der Waals surface area contributed by atoms with E-state index in [2.05, 4.69) is 24.1 Å². The zero-order valence-electron chi connectivity index (χ0n) is 16.8. The minimum absolute atomic E-state index is 0.135. The van der Waals surface area contributed by atoms with Gasteiger partial charge in [-0.2, -0.15) is 0 Å². The molecule has 1 N–H and O–H groups in total. The van der Waals surface area contributed by atoms with Gasteiger partial charge in [0.1, 0.15) is 11.8 Å². The molecule has 1 saturated heterocycles. The molecule has 0 bridgehead atoms. The number of para-hydroxylation sites is 2. The number of rotatable bonds is 5. The van der Waals surface area contributed by atoms with Crippen LogP contribution in [0, 0.1) is 5.92 Å². The minimum Gasteiger partial charge on any atom is -0.479 e. The highest BCUT2D eigenvalue weighted by Crippen LogP contribution is 2.34. The fourth-order valence-corrected chi connectivity index (χ4v) is 3.82. The van der Waals surface area contributed by atoms with E-state index in [9.17, 15) is 9.59 Å². The van der Waals surface area contributed by atoms with Crippen molar-refractivity contribution in [1.29, 1.82) is 0 Å². The van der Waals surface area contributed by atoms with Crippen LogP contribution >= 0.6 is 0 Å². The molecule has 2 amide bonds. The normalized spacial score (nSPS) is 23.3. The third-order valence-electron chi connectivity index (χ3n) is 5.79. The molecule has 3 rings (SSSR count). The number of nitrogens with one attached hydrogen (secondary N) is 1. The molecule has 3 atom stereocenters. The van der Waals surface area contributed by atoms with Crippen LogP contribution in [0.15, 0.2) is 24.3 Å². The number of ether oxygens (including phenoxy) is 1. The summed E-state index contributed by atoms with van der Waals surface area (Å²) in [6, 6.07) is 7.07. The van der Waals surface area contributed by atoms with Crippen LogP contribution in [-0.4, -0.2) is 54.5 Å². The summed E-state index contributed by atoms with van der Waals surface area (Å²) >= 11 is 0. The first kappa shape index (κ1) is 19.7. The lowest BCUT2D eigenvalue weighted by Gasteiger charge is -2.37. The van der Waals surface area contributed by atoms with Gasteiger partial charge in [-0.25, -0.2) is 0 Å². The molecule has 2 heterocycles. The van der Waals surface area contributed by atoms with E-state index in [0.29, 0.717) is 24.0 Å². The molecule has 148 valence electrons. The number of carbonyl (C=O) groups is 2. The second kappa shape index (κ2) is 8.30. The van der Waals surface area contributed by atoms with Gasteiger partial charge in [0.2, 0.25) is 5.91 Å². The van der Waals surface area contributed by atoms with E-state index in [1.165, 1.54) is 12.8 Å². The number of amides is 2. The van der Waals surface area contributed by atoms with Crippen molar-refractivity contribution in [3.05, 3.63) is 24.3 Å². The first-order valence-electron chi connectivity index (χ1n) is 9.99. The van der Waals surface area contributed by atoms with Crippen molar-refractivity contribution < 1.29 is 14.3 Å². The van der Waals surface area contributed by atoms with E-state index in [0.717, 1.165) is 19.0 Å². The van der Waals surface area contributed by atoms with Crippen LogP contribution in [0.25, 0.3) is 0 Å². The molecule has 6 heteroatoms. The smallest absolute Gasteiger partial charge is 0.268 e. The Kier molecular flexibility index (Phi) is 6.05. The zero-order valence-corrected chi connectivity index (χ0v) is 16.8. The average Bonchev–Trinajstić information content (AvgIpc) is 2.67. The number of hydrogen-bond acceptors (Lipinski definition) is 4. The SMILES string of the molecule is CC1CCN([C@H](C)CNC(=O)[C@@H](C)N2C(=O)[C@@H](C)Oc3ccccc32)CC1. The summed E-state index contributed by atoms with van der Waals surface area (Å²) in [6.07, 6.45) is 1.83. The lowest BCUT2D eigenvalue weighted by molar-refractivity contribution is -0.130. The lowest BCUT2D eigenvalue weighted by Crippen LogP contribution is -2.55. The van der Waals surface area contributed by atoms with Gasteiger partial charge in [0.25, 0.3) is 5.91 Å². The molecule has 0 aliphatic carbocycles. The average molecular weight is 373 g/mol. The summed E-state index contributed by atoms with van der Waals surface area (Å²) in [5.74, 6) is 1.11. The van der Waals surface area contributed by atoms with Gasteiger partial charge >= 0.3 is 0 Å². The molecule has 1 aromatic rings. The lowest BCUT2D eigenvalue weighted by atomic mass is 9.98. The molecule has 1 aromatic carbocycles. The topological polar surface area (TPSA) is 61.9 Å². The van der Waals surface area contributed by atoms with Crippen LogP contribution in [-0.2, 0) is 9.59 Å². The van der Waals surface area contributed by atoms with E-state index >= 15 is 0 Å². The fourth-order valence-electron chi connectivity index (χ4n) is 3.82. The maximum absolute atomic E-state index is 12.8. The van der Waals surface area contributed by atoms with Crippen molar-refractivity contribution in [2.75, 3.05) is 24.5 Å². The molecular weight excluding hydrogens is 342 g/mol. The predicted octanol–water partition coefficient (Wildman–Crippen LogP) is 2.43. The van der Waals surface area contributed by atoms with Gasteiger partial charge in [0.05, 0.1) is 5.69 Å². The number of benzene rings is 1. The number of carbonyl (C=O) groups excluding carboxylic acids is 2. The summed E-state index contributed by atoms with van der Waals surface area (Å²) in [4.78, 5) is 29.4. The zero-order chi connectivity index (χ0) is 19.6. The summed E-state index contributed by atoms with van der Waals surface area (Å²) in [5.41, 5.74) is 0.654. The van der Waals surface area contributed by atoms with Gasteiger partial charge in [0, 0.05) is 12.6 Å².